The van der Waals surface area contributed by atoms with Crippen LogP contribution < -0.4 is 0 Å². The molecule has 0 aliphatic carbocycles. The molecule has 0 bridgehead atoms. The molecule has 2 aromatic rings. The van der Waals surface area contributed by atoms with Gasteiger partial charge in [0, 0.05) is 26.0 Å². The fraction of sp³-hybridized carbons (Fsp3) is 0.417. The molecule has 0 amide bonds. The molecule has 0 N–H and O–H groups in total. The molecule has 2 rings (SSSR count). The molecule has 5 nitrogen and oxygen atoms in total. The molecular formula is C12H16N4O. The molecule has 0 radical (unpaired) electrons. The van der Waals surface area contributed by atoms with Gasteiger partial charge in [0.1, 0.15) is 5.69 Å². The van der Waals surface area contributed by atoms with Gasteiger partial charge in [0.2, 0.25) is 5.78 Å². The Labute approximate surface area is 100 Å². The lowest BCUT2D eigenvalue weighted by molar-refractivity contribution is 0.101. The summed E-state index contributed by atoms with van der Waals surface area (Å²) in [6, 6.07) is 1.85. The molecule has 0 aliphatic rings. The van der Waals surface area contributed by atoms with E-state index in [1.165, 1.54) is 0 Å². The predicted octanol–water partition coefficient (Wildman–Crippen LogP) is 1.43. The van der Waals surface area contributed by atoms with Gasteiger partial charge in [-0.15, -0.1) is 0 Å². The van der Waals surface area contributed by atoms with Crippen molar-refractivity contribution in [1.29, 1.82) is 0 Å². The van der Waals surface area contributed by atoms with Crippen molar-refractivity contribution in [3.8, 4) is 0 Å². The molecule has 0 aromatic carbocycles. The van der Waals surface area contributed by atoms with Crippen LogP contribution in [-0.2, 0) is 20.0 Å². The second-order valence-corrected chi connectivity index (χ2v) is 3.88. The Morgan fingerprint density at radius 2 is 2.18 bits per heavy atom. The minimum atomic E-state index is -0.0773. The Bertz CT molecular complexity index is 538. The Hall–Kier alpha value is -1.91. The summed E-state index contributed by atoms with van der Waals surface area (Å²) >= 11 is 0. The fourth-order valence-electron chi connectivity index (χ4n) is 1.77. The standard InChI is InChI=1S/C12H16N4O/c1-4-9-8-10(16(5-2)14-9)11(17)12-13-6-7-15(12)3/h6-8H,4-5H2,1-3H3. The van der Waals surface area contributed by atoms with Gasteiger partial charge in [-0.25, -0.2) is 4.98 Å². The van der Waals surface area contributed by atoms with Gasteiger partial charge < -0.3 is 4.57 Å². The highest BCUT2D eigenvalue weighted by atomic mass is 16.1. The molecule has 0 unspecified atom stereocenters. The minimum absolute atomic E-state index is 0.0773. The van der Waals surface area contributed by atoms with Crippen molar-refractivity contribution in [2.45, 2.75) is 26.8 Å². The monoisotopic (exact) mass is 232 g/mol. The number of aromatic nitrogens is 4. The number of hydrogen-bond donors (Lipinski definition) is 0. The first-order chi connectivity index (χ1) is 8.17. The summed E-state index contributed by atoms with van der Waals surface area (Å²) in [6.45, 7) is 4.69. The molecule has 17 heavy (non-hydrogen) atoms. The van der Waals surface area contributed by atoms with E-state index in [4.69, 9.17) is 0 Å². The number of imidazole rings is 1. The van der Waals surface area contributed by atoms with E-state index in [9.17, 15) is 4.79 Å². The molecule has 2 aromatic heterocycles. The number of nitrogens with zero attached hydrogens (tertiary/aromatic N) is 4. The lowest BCUT2D eigenvalue weighted by atomic mass is 10.2. The maximum Gasteiger partial charge on any atom is 0.246 e. The summed E-state index contributed by atoms with van der Waals surface area (Å²) < 4.78 is 3.46. The van der Waals surface area contributed by atoms with Crippen LogP contribution in [-0.4, -0.2) is 25.1 Å². The van der Waals surface area contributed by atoms with E-state index in [0.717, 1.165) is 12.1 Å². The molecule has 0 saturated heterocycles. The predicted molar refractivity (Wildman–Crippen MR) is 63.9 cm³/mol. The van der Waals surface area contributed by atoms with E-state index in [0.29, 0.717) is 18.1 Å². The highest BCUT2D eigenvalue weighted by Gasteiger charge is 2.19. The van der Waals surface area contributed by atoms with Gasteiger partial charge in [-0.2, -0.15) is 5.10 Å². The van der Waals surface area contributed by atoms with Crippen LogP contribution in [0.15, 0.2) is 18.5 Å². The summed E-state index contributed by atoms with van der Waals surface area (Å²) in [5, 5.41) is 4.37. The lowest BCUT2D eigenvalue weighted by Crippen LogP contribution is -2.14. The largest absolute Gasteiger partial charge is 0.331 e. The average Bonchev–Trinajstić information content (AvgIpc) is 2.93. The average molecular weight is 232 g/mol. The van der Waals surface area contributed by atoms with E-state index in [2.05, 4.69) is 10.1 Å². The van der Waals surface area contributed by atoms with Crippen LogP contribution in [0.3, 0.4) is 0 Å². The fourth-order valence-corrected chi connectivity index (χ4v) is 1.77. The van der Waals surface area contributed by atoms with Gasteiger partial charge in [0.15, 0.2) is 5.82 Å². The summed E-state index contributed by atoms with van der Waals surface area (Å²) in [6.07, 6.45) is 4.22. The summed E-state index contributed by atoms with van der Waals surface area (Å²) in [5.74, 6) is 0.369. The first-order valence-corrected chi connectivity index (χ1v) is 5.76. The second kappa shape index (κ2) is 4.53. The Balaban J connectivity index is 2.43. The van der Waals surface area contributed by atoms with Crippen molar-refractivity contribution in [2.75, 3.05) is 0 Å². The van der Waals surface area contributed by atoms with Crippen molar-refractivity contribution in [2.24, 2.45) is 7.05 Å². The highest BCUT2D eigenvalue weighted by molar-refractivity contribution is 6.05. The quantitative estimate of drug-likeness (QED) is 0.749. The number of aryl methyl sites for hydroxylation is 3. The minimum Gasteiger partial charge on any atom is -0.331 e. The van der Waals surface area contributed by atoms with Crippen LogP contribution in [0.4, 0.5) is 0 Å². The zero-order chi connectivity index (χ0) is 12.4. The van der Waals surface area contributed by atoms with Crippen LogP contribution in [0, 0.1) is 0 Å². The van der Waals surface area contributed by atoms with Crippen molar-refractivity contribution >= 4 is 5.78 Å². The molecule has 0 spiro atoms. The van der Waals surface area contributed by atoms with E-state index in [1.54, 1.807) is 21.6 Å². The number of carbonyl (C=O) groups excluding carboxylic acids is 1. The van der Waals surface area contributed by atoms with Crippen LogP contribution in [0.5, 0.6) is 0 Å². The van der Waals surface area contributed by atoms with E-state index < -0.39 is 0 Å². The normalized spacial score (nSPS) is 10.8. The Morgan fingerprint density at radius 1 is 1.41 bits per heavy atom. The topological polar surface area (TPSA) is 52.7 Å². The number of ketones is 1. The van der Waals surface area contributed by atoms with E-state index in [-0.39, 0.29) is 5.78 Å². The summed E-state index contributed by atoms with van der Waals surface area (Å²) in [7, 11) is 1.81. The third kappa shape index (κ3) is 2.00. The molecule has 0 aliphatic heterocycles. The van der Waals surface area contributed by atoms with Gasteiger partial charge in [-0.1, -0.05) is 6.92 Å². The zero-order valence-electron chi connectivity index (χ0n) is 10.3. The first-order valence-electron chi connectivity index (χ1n) is 5.76. The first kappa shape index (κ1) is 11.6. The molecule has 0 atom stereocenters. The van der Waals surface area contributed by atoms with Gasteiger partial charge in [-0.3, -0.25) is 9.48 Å². The van der Waals surface area contributed by atoms with Crippen molar-refractivity contribution in [3.63, 3.8) is 0 Å². The smallest absolute Gasteiger partial charge is 0.246 e. The highest BCUT2D eigenvalue weighted by Crippen LogP contribution is 2.10. The lowest BCUT2D eigenvalue weighted by Gasteiger charge is -2.03. The van der Waals surface area contributed by atoms with Gasteiger partial charge in [0.05, 0.1) is 5.69 Å². The maximum atomic E-state index is 12.3. The zero-order valence-corrected chi connectivity index (χ0v) is 10.3. The number of carbonyl (C=O) groups is 1. The molecule has 5 heteroatoms. The molecule has 90 valence electrons. The molecular weight excluding hydrogens is 216 g/mol. The van der Waals surface area contributed by atoms with Gasteiger partial charge >= 0.3 is 0 Å². The Morgan fingerprint density at radius 3 is 2.71 bits per heavy atom. The van der Waals surface area contributed by atoms with Crippen molar-refractivity contribution in [1.82, 2.24) is 19.3 Å². The SMILES string of the molecule is CCc1cc(C(=O)c2nccn2C)n(CC)n1. The van der Waals surface area contributed by atoms with Crippen LogP contribution in [0.1, 0.15) is 35.9 Å². The Kier molecular flexibility index (Phi) is 3.08. The third-order valence-electron chi connectivity index (χ3n) is 2.75. The maximum absolute atomic E-state index is 12.3. The van der Waals surface area contributed by atoms with Crippen LogP contribution in [0.2, 0.25) is 0 Å². The third-order valence-corrected chi connectivity index (χ3v) is 2.75. The second-order valence-electron chi connectivity index (χ2n) is 3.88. The summed E-state index contributed by atoms with van der Waals surface area (Å²) in [4.78, 5) is 16.4. The molecule has 2 heterocycles. The van der Waals surface area contributed by atoms with E-state index in [1.807, 2.05) is 27.0 Å². The number of hydrogen-bond acceptors (Lipinski definition) is 3. The van der Waals surface area contributed by atoms with Gasteiger partial charge in [-0.05, 0) is 19.4 Å². The van der Waals surface area contributed by atoms with Crippen molar-refractivity contribution < 1.29 is 4.79 Å². The van der Waals surface area contributed by atoms with Crippen molar-refractivity contribution in [3.05, 3.63) is 35.7 Å². The van der Waals surface area contributed by atoms with E-state index >= 15 is 0 Å². The summed E-state index contributed by atoms with van der Waals surface area (Å²) in [5.41, 5.74) is 1.54. The van der Waals surface area contributed by atoms with Crippen LogP contribution in [0.25, 0.3) is 0 Å². The number of rotatable bonds is 4. The van der Waals surface area contributed by atoms with Crippen LogP contribution >= 0.6 is 0 Å². The molecule has 0 fully saturated rings. The van der Waals surface area contributed by atoms with Gasteiger partial charge in [0.25, 0.3) is 0 Å². The molecule has 0 saturated carbocycles.